The third-order valence-electron chi connectivity index (χ3n) is 6.67. The van der Waals surface area contributed by atoms with E-state index in [-0.39, 0.29) is 0 Å². The lowest BCUT2D eigenvalue weighted by Gasteiger charge is -2.19. The Balaban J connectivity index is 3.83. The van der Waals surface area contributed by atoms with Crippen molar-refractivity contribution in [3.05, 3.63) is 0 Å². The lowest BCUT2D eigenvalue weighted by Crippen LogP contribution is -2.10. The van der Waals surface area contributed by atoms with Gasteiger partial charge in [-0.25, -0.2) is 0 Å². The Bertz CT molecular complexity index is 294. The molecule has 0 fully saturated rings. The number of alkyl halides is 2. The fourth-order valence-electron chi connectivity index (χ4n) is 4.47. The monoisotopic (exact) mass is 494 g/mol. The molecule has 0 heterocycles. The molecule has 0 nitrogen and oxygen atoms in total. The highest BCUT2D eigenvalue weighted by Crippen LogP contribution is 2.25. The van der Waals surface area contributed by atoms with Crippen LogP contribution >= 0.6 is 35.0 Å². The molecule has 0 aromatic rings. The Kier molecular flexibility index (Phi) is 28.0. The standard InChI is InChI=1S/C28H56Cl2S/c1-3-5-7-9-11-13-15-17-19-27(21-23-29)25-31-26-28(22-24-30)20-18-16-14-12-10-8-6-4-2/h27-28H,3-26H2,1-2H3. The van der Waals surface area contributed by atoms with Crippen LogP contribution in [0.15, 0.2) is 0 Å². The molecule has 2 unspecified atom stereocenters. The first-order chi connectivity index (χ1) is 15.3. The van der Waals surface area contributed by atoms with Crippen LogP contribution in [0.2, 0.25) is 0 Å². The molecule has 3 heteroatoms. The third kappa shape index (κ3) is 23.9. The molecule has 0 aliphatic rings. The summed E-state index contributed by atoms with van der Waals surface area (Å²) in [5.41, 5.74) is 0. The van der Waals surface area contributed by atoms with Gasteiger partial charge in [0.25, 0.3) is 0 Å². The number of hydrogen-bond donors (Lipinski definition) is 0. The van der Waals surface area contributed by atoms with Crippen molar-refractivity contribution in [2.24, 2.45) is 11.8 Å². The predicted molar refractivity (Wildman–Crippen MR) is 149 cm³/mol. The van der Waals surface area contributed by atoms with Crippen LogP contribution in [0.1, 0.15) is 142 Å². The minimum atomic E-state index is 0.822. The Hall–Kier alpha value is 0.930. The second-order valence-corrected chi connectivity index (χ2v) is 11.6. The van der Waals surface area contributed by atoms with Gasteiger partial charge in [-0.1, -0.05) is 117 Å². The summed E-state index contributed by atoms with van der Waals surface area (Å²) in [4.78, 5) is 0. The highest BCUT2D eigenvalue weighted by atomic mass is 35.5. The van der Waals surface area contributed by atoms with Crippen LogP contribution in [0.3, 0.4) is 0 Å². The molecule has 0 aliphatic heterocycles. The first-order valence-electron chi connectivity index (χ1n) is 14.0. The van der Waals surface area contributed by atoms with Gasteiger partial charge in [-0.05, 0) is 49.0 Å². The molecule has 0 N–H and O–H groups in total. The van der Waals surface area contributed by atoms with E-state index in [0.29, 0.717) is 0 Å². The first kappa shape index (κ1) is 31.9. The number of halogens is 2. The smallest absolute Gasteiger partial charge is 0.0226 e. The zero-order chi connectivity index (χ0) is 22.8. The molecule has 31 heavy (non-hydrogen) atoms. The lowest BCUT2D eigenvalue weighted by molar-refractivity contribution is 0.469. The largest absolute Gasteiger partial charge is 0.161 e. The molecular formula is C28H56Cl2S. The van der Waals surface area contributed by atoms with Crippen molar-refractivity contribution >= 4 is 35.0 Å². The van der Waals surface area contributed by atoms with Crippen LogP contribution in [0, 0.1) is 11.8 Å². The lowest BCUT2D eigenvalue weighted by atomic mass is 9.99. The highest BCUT2D eigenvalue weighted by Gasteiger charge is 2.12. The molecule has 0 aromatic carbocycles. The van der Waals surface area contributed by atoms with E-state index in [0.717, 1.165) is 23.6 Å². The van der Waals surface area contributed by atoms with Gasteiger partial charge in [0.05, 0.1) is 0 Å². The molecule has 0 spiro atoms. The van der Waals surface area contributed by atoms with Crippen molar-refractivity contribution in [2.45, 2.75) is 142 Å². The van der Waals surface area contributed by atoms with Gasteiger partial charge in [0, 0.05) is 11.8 Å². The van der Waals surface area contributed by atoms with Gasteiger partial charge in [-0.2, -0.15) is 11.8 Å². The molecule has 0 saturated heterocycles. The molecule has 2 atom stereocenters. The number of unbranched alkanes of at least 4 members (excludes halogenated alkanes) is 14. The van der Waals surface area contributed by atoms with Crippen molar-refractivity contribution < 1.29 is 0 Å². The number of rotatable bonds is 26. The van der Waals surface area contributed by atoms with E-state index >= 15 is 0 Å². The van der Waals surface area contributed by atoms with E-state index in [9.17, 15) is 0 Å². The van der Waals surface area contributed by atoms with Crippen LogP contribution in [0.5, 0.6) is 0 Å². The molecule has 188 valence electrons. The minimum Gasteiger partial charge on any atom is -0.161 e. The fourth-order valence-corrected chi connectivity index (χ4v) is 6.55. The fraction of sp³-hybridized carbons (Fsp3) is 1.00. The maximum atomic E-state index is 6.11. The normalized spacial score (nSPS) is 13.5. The zero-order valence-electron chi connectivity index (χ0n) is 21.3. The van der Waals surface area contributed by atoms with Crippen molar-refractivity contribution in [1.82, 2.24) is 0 Å². The molecular weight excluding hydrogens is 439 g/mol. The summed E-state index contributed by atoms with van der Waals surface area (Å²) in [5, 5.41) is 0. The Morgan fingerprint density at radius 1 is 0.452 bits per heavy atom. The molecule has 0 aliphatic carbocycles. The van der Waals surface area contributed by atoms with Gasteiger partial charge in [0.1, 0.15) is 0 Å². The maximum Gasteiger partial charge on any atom is 0.0226 e. The molecule has 0 aromatic heterocycles. The van der Waals surface area contributed by atoms with Crippen molar-refractivity contribution in [3.8, 4) is 0 Å². The second-order valence-electron chi connectivity index (χ2n) is 9.75. The van der Waals surface area contributed by atoms with Crippen molar-refractivity contribution in [1.29, 1.82) is 0 Å². The summed E-state index contributed by atoms with van der Waals surface area (Å²) in [6.07, 6.45) is 27.8. The van der Waals surface area contributed by atoms with E-state index < -0.39 is 0 Å². The van der Waals surface area contributed by atoms with E-state index in [1.165, 1.54) is 140 Å². The minimum absolute atomic E-state index is 0.822. The third-order valence-corrected chi connectivity index (χ3v) is 8.52. The van der Waals surface area contributed by atoms with Crippen molar-refractivity contribution in [3.63, 3.8) is 0 Å². The summed E-state index contributed by atoms with van der Waals surface area (Å²) >= 11 is 14.4. The van der Waals surface area contributed by atoms with Gasteiger partial charge in [-0.15, -0.1) is 23.2 Å². The predicted octanol–water partition coefficient (Wildman–Crippen LogP) is 11.3. The van der Waals surface area contributed by atoms with Gasteiger partial charge in [0.15, 0.2) is 0 Å². The van der Waals surface area contributed by atoms with E-state index in [2.05, 4.69) is 25.6 Å². The quantitative estimate of drug-likeness (QED) is 0.0849. The van der Waals surface area contributed by atoms with Gasteiger partial charge in [0.2, 0.25) is 0 Å². The van der Waals surface area contributed by atoms with Crippen LogP contribution < -0.4 is 0 Å². The topological polar surface area (TPSA) is 0 Å². The molecule has 0 bridgehead atoms. The van der Waals surface area contributed by atoms with Gasteiger partial charge >= 0.3 is 0 Å². The molecule has 0 amide bonds. The maximum absolute atomic E-state index is 6.11. The van der Waals surface area contributed by atoms with E-state index in [1.54, 1.807) is 0 Å². The summed E-state index contributed by atoms with van der Waals surface area (Å²) in [5.74, 6) is 5.90. The Labute approximate surface area is 211 Å². The van der Waals surface area contributed by atoms with Crippen LogP contribution in [0.4, 0.5) is 0 Å². The van der Waals surface area contributed by atoms with Crippen LogP contribution in [-0.4, -0.2) is 23.3 Å². The number of hydrogen-bond acceptors (Lipinski definition) is 1. The Morgan fingerprint density at radius 2 is 0.774 bits per heavy atom. The average molecular weight is 496 g/mol. The summed E-state index contributed by atoms with van der Waals surface area (Å²) in [6, 6.07) is 0. The zero-order valence-corrected chi connectivity index (χ0v) is 23.6. The Morgan fingerprint density at radius 3 is 1.10 bits per heavy atom. The highest BCUT2D eigenvalue weighted by molar-refractivity contribution is 7.99. The van der Waals surface area contributed by atoms with E-state index in [1.807, 2.05) is 0 Å². The molecule has 0 saturated carbocycles. The molecule has 0 rings (SSSR count). The second kappa shape index (κ2) is 27.2. The molecule has 0 radical (unpaired) electrons. The van der Waals surface area contributed by atoms with Gasteiger partial charge < -0.3 is 0 Å². The van der Waals surface area contributed by atoms with Gasteiger partial charge in [-0.3, -0.25) is 0 Å². The SMILES string of the molecule is CCCCCCCCCCC(CCCl)CSCC(CCCl)CCCCCCCCCC. The average Bonchev–Trinajstić information content (AvgIpc) is 2.77. The first-order valence-corrected chi connectivity index (χ1v) is 16.2. The van der Waals surface area contributed by atoms with Crippen LogP contribution in [0.25, 0.3) is 0 Å². The summed E-state index contributed by atoms with van der Waals surface area (Å²) < 4.78 is 0. The van der Waals surface area contributed by atoms with Crippen molar-refractivity contribution in [2.75, 3.05) is 23.3 Å². The van der Waals surface area contributed by atoms with E-state index in [4.69, 9.17) is 23.2 Å². The van der Waals surface area contributed by atoms with Crippen LogP contribution in [-0.2, 0) is 0 Å². The number of thioether (sulfide) groups is 1. The summed E-state index contributed by atoms with van der Waals surface area (Å²) in [7, 11) is 0. The summed E-state index contributed by atoms with van der Waals surface area (Å²) in [6.45, 7) is 4.59.